The van der Waals surface area contributed by atoms with E-state index in [0.29, 0.717) is 16.9 Å². The lowest BCUT2D eigenvalue weighted by atomic mass is 10.0. The Balaban J connectivity index is 2.25. The number of halogens is 1. The van der Waals surface area contributed by atoms with Crippen molar-refractivity contribution in [2.45, 2.75) is 6.92 Å². The molecule has 0 fully saturated rings. The van der Waals surface area contributed by atoms with Gasteiger partial charge < -0.3 is 4.74 Å². The summed E-state index contributed by atoms with van der Waals surface area (Å²) in [7, 11) is 0. The first-order valence-electron chi connectivity index (χ1n) is 5.65. The van der Waals surface area contributed by atoms with E-state index in [1.165, 1.54) is 6.92 Å². The monoisotopic (exact) mass is 318 g/mol. The van der Waals surface area contributed by atoms with E-state index in [9.17, 15) is 9.59 Å². The Kier molecular flexibility index (Phi) is 4.12. The average molecular weight is 319 g/mol. The van der Waals surface area contributed by atoms with E-state index < -0.39 is 0 Å². The first-order chi connectivity index (χ1) is 9.08. The predicted octanol–water partition coefficient (Wildman–Crippen LogP) is 3.61. The largest absolute Gasteiger partial charge is 0.427 e. The average Bonchev–Trinajstić information content (AvgIpc) is 2.39. The van der Waals surface area contributed by atoms with Gasteiger partial charge in [-0.05, 0) is 36.4 Å². The van der Waals surface area contributed by atoms with Crippen LogP contribution in [0.3, 0.4) is 0 Å². The maximum absolute atomic E-state index is 12.3. The van der Waals surface area contributed by atoms with E-state index in [4.69, 9.17) is 4.74 Å². The number of hydrogen-bond donors (Lipinski definition) is 0. The van der Waals surface area contributed by atoms with Gasteiger partial charge in [-0.25, -0.2) is 0 Å². The summed E-state index contributed by atoms with van der Waals surface area (Å²) >= 11 is 3.35. The molecule has 0 amide bonds. The summed E-state index contributed by atoms with van der Waals surface area (Å²) in [6.07, 6.45) is 0. The van der Waals surface area contributed by atoms with Crippen LogP contribution >= 0.6 is 15.9 Å². The second-order valence-corrected chi connectivity index (χ2v) is 4.78. The number of ether oxygens (including phenoxy) is 1. The van der Waals surface area contributed by atoms with Crippen LogP contribution in [0.2, 0.25) is 0 Å². The molecule has 3 nitrogen and oxygen atoms in total. The molecule has 0 saturated heterocycles. The van der Waals surface area contributed by atoms with Crippen LogP contribution < -0.4 is 4.74 Å². The predicted molar refractivity (Wildman–Crippen MR) is 75.3 cm³/mol. The highest BCUT2D eigenvalue weighted by Gasteiger charge is 2.12. The number of ketones is 1. The highest BCUT2D eigenvalue weighted by molar-refractivity contribution is 9.10. The number of rotatable bonds is 3. The zero-order valence-electron chi connectivity index (χ0n) is 10.2. The molecule has 2 rings (SSSR count). The Labute approximate surface area is 119 Å². The minimum Gasteiger partial charge on any atom is -0.427 e. The SMILES string of the molecule is CC(=O)Oc1ccc(C(=O)c2ccccc2Br)cc1. The highest BCUT2D eigenvalue weighted by atomic mass is 79.9. The summed E-state index contributed by atoms with van der Waals surface area (Å²) in [6, 6.07) is 13.7. The Morgan fingerprint density at radius 2 is 1.63 bits per heavy atom. The molecule has 0 saturated carbocycles. The van der Waals surface area contributed by atoms with Crippen molar-refractivity contribution in [1.29, 1.82) is 0 Å². The van der Waals surface area contributed by atoms with Crippen LogP contribution in [0.25, 0.3) is 0 Å². The lowest BCUT2D eigenvalue weighted by molar-refractivity contribution is -0.131. The van der Waals surface area contributed by atoms with Gasteiger partial charge >= 0.3 is 5.97 Å². The number of hydrogen-bond acceptors (Lipinski definition) is 3. The van der Waals surface area contributed by atoms with Crippen molar-refractivity contribution in [2.75, 3.05) is 0 Å². The Morgan fingerprint density at radius 1 is 1.00 bits per heavy atom. The summed E-state index contributed by atoms with van der Waals surface area (Å²) in [5, 5.41) is 0. The van der Waals surface area contributed by atoms with E-state index >= 15 is 0 Å². The maximum Gasteiger partial charge on any atom is 0.308 e. The van der Waals surface area contributed by atoms with Crippen molar-refractivity contribution < 1.29 is 14.3 Å². The van der Waals surface area contributed by atoms with Gasteiger partial charge in [-0.1, -0.05) is 28.1 Å². The maximum atomic E-state index is 12.3. The van der Waals surface area contributed by atoms with E-state index in [1.807, 2.05) is 18.2 Å². The molecule has 2 aromatic carbocycles. The zero-order chi connectivity index (χ0) is 13.8. The minimum absolute atomic E-state index is 0.0816. The Morgan fingerprint density at radius 3 is 2.21 bits per heavy atom. The molecule has 0 aromatic heterocycles. The van der Waals surface area contributed by atoms with Crippen molar-refractivity contribution in [3.05, 3.63) is 64.1 Å². The Hall–Kier alpha value is -1.94. The number of benzene rings is 2. The molecule has 0 aliphatic heterocycles. The van der Waals surface area contributed by atoms with Crippen LogP contribution in [0.5, 0.6) is 5.75 Å². The molecule has 0 unspecified atom stereocenters. The summed E-state index contributed by atoms with van der Waals surface area (Å²) < 4.78 is 5.67. The molecule has 0 N–H and O–H groups in total. The number of carbonyl (C=O) groups is 2. The van der Waals surface area contributed by atoms with Crippen LogP contribution in [0.15, 0.2) is 53.0 Å². The minimum atomic E-state index is -0.384. The van der Waals surface area contributed by atoms with Gasteiger partial charge in [-0.15, -0.1) is 0 Å². The first kappa shape index (κ1) is 13.5. The molecule has 0 aliphatic carbocycles. The molecule has 0 aliphatic rings. The molecule has 19 heavy (non-hydrogen) atoms. The fourth-order valence-corrected chi connectivity index (χ4v) is 2.11. The molecule has 0 atom stereocenters. The fraction of sp³-hybridized carbons (Fsp3) is 0.0667. The van der Waals surface area contributed by atoms with Gasteiger partial charge in [0, 0.05) is 22.5 Å². The summed E-state index contributed by atoms with van der Waals surface area (Å²) in [6.45, 7) is 1.33. The van der Waals surface area contributed by atoms with Gasteiger partial charge in [-0.3, -0.25) is 9.59 Å². The van der Waals surface area contributed by atoms with Crippen molar-refractivity contribution in [2.24, 2.45) is 0 Å². The van der Waals surface area contributed by atoms with E-state index in [2.05, 4.69) is 15.9 Å². The second kappa shape index (κ2) is 5.80. The normalized spacial score (nSPS) is 10.0. The molecular formula is C15H11BrO3. The van der Waals surface area contributed by atoms with Crippen molar-refractivity contribution >= 4 is 27.7 Å². The lowest BCUT2D eigenvalue weighted by Crippen LogP contribution is -2.04. The van der Waals surface area contributed by atoms with Gasteiger partial charge in [0.1, 0.15) is 5.75 Å². The van der Waals surface area contributed by atoms with Crippen molar-refractivity contribution in [1.82, 2.24) is 0 Å². The quantitative estimate of drug-likeness (QED) is 0.493. The van der Waals surface area contributed by atoms with E-state index in [1.54, 1.807) is 30.3 Å². The summed E-state index contributed by atoms with van der Waals surface area (Å²) in [5.41, 5.74) is 1.14. The topological polar surface area (TPSA) is 43.4 Å². The molecule has 0 radical (unpaired) electrons. The van der Waals surface area contributed by atoms with Gasteiger partial charge in [-0.2, -0.15) is 0 Å². The van der Waals surface area contributed by atoms with Crippen LogP contribution in [0.1, 0.15) is 22.8 Å². The molecule has 2 aromatic rings. The first-order valence-corrected chi connectivity index (χ1v) is 6.45. The third-order valence-corrected chi connectivity index (χ3v) is 3.19. The number of esters is 1. The highest BCUT2D eigenvalue weighted by Crippen LogP contribution is 2.21. The number of carbonyl (C=O) groups excluding carboxylic acids is 2. The second-order valence-electron chi connectivity index (χ2n) is 3.93. The molecule has 4 heteroatoms. The van der Waals surface area contributed by atoms with Gasteiger partial charge in [0.05, 0.1) is 0 Å². The Bertz CT molecular complexity index is 618. The standard InChI is InChI=1S/C15H11BrO3/c1-10(17)19-12-8-6-11(7-9-12)15(18)13-4-2-3-5-14(13)16/h2-9H,1H3. The molecule has 0 spiro atoms. The van der Waals surface area contributed by atoms with Crippen LogP contribution in [0.4, 0.5) is 0 Å². The van der Waals surface area contributed by atoms with E-state index in [-0.39, 0.29) is 11.8 Å². The van der Waals surface area contributed by atoms with Gasteiger partial charge in [0.2, 0.25) is 0 Å². The third-order valence-electron chi connectivity index (χ3n) is 2.50. The summed E-state index contributed by atoms with van der Waals surface area (Å²) in [5.74, 6) is -0.0390. The smallest absolute Gasteiger partial charge is 0.308 e. The molecule has 0 bridgehead atoms. The van der Waals surface area contributed by atoms with Crippen LogP contribution in [-0.2, 0) is 4.79 Å². The molecule has 0 heterocycles. The van der Waals surface area contributed by atoms with Crippen LogP contribution in [-0.4, -0.2) is 11.8 Å². The third kappa shape index (κ3) is 3.29. The fourth-order valence-electron chi connectivity index (χ4n) is 1.64. The van der Waals surface area contributed by atoms with Gasteiger partial charge in [0.15, 0.2) is 5.78 Å². The molecule has 96 valence electrons. The van der Waals surface area contributed by atoms with Crippen molar-refractivity contribution in [3.63, 3.8) is 0 Å². The van der Waals surface area contributed by atoms with Crippen molar-refractivity contribution in [3.8, 4) is 5.75 Å². The molecular weight excluding hydrogens is 308 g/mol. The van der Waals surface area contributed by atoms with E-state index in [0.717, 1.165) is 4.47 Å². The van der Waals surface area contributed by atoms with Gasteiger partial charge in [0.25, 0.3) is 0 Å². The van der Waals surface area contributed by atoms with Crippen LogP contribution in [0, 0.1) is 0 Å². The zero-order valence-corrected chi connectivity index (χ0v) is 11.8. The summed E-state index contributed by atoms with van der Waals surface area (Å²) in [4.78, 5) is 23.1. The lowest BCUT2D eigenvalue weighted by Gasteiger charge is -2.05.